The number of hydrogen-bond donors (Lipinski definition) is 1. The lowest BCUT2D eigenvalue weighted by molar-refractivity contribution is -0.129. The molecule has 1 aliphatic carbocycles. The van der Waals surface area contributed by atoms with Gasteiger partial charge in [0.15, 0.2) is 0 Å². The number of likely N-dealkylation sites (N-methyl/N-ethyl adjacent to an activating group) is 1. The molecule has 4 rings (SSSR count). The van der Waals surface area contributed by atoms with Gasteiger partial charge in [0.05, 0.1) is 24.2 Å². The Morgan fingerprint density at radius 2 is 1.94 bits per heavy atom. The highest BCUT2D eigenvalue weighted by Crippen LogP contribution is 2.28. The molecule has 1 aromatic heterocycles. The number of carbonyl (C=O) groups excluding carboxylic acids is 2. The molecule has 0 aliphatic heterocycles. The second-order valence-electron chi connectivity index (χ2n) is 8.15. The van der Waals surface area contributed by atoms with E-state index in [0.29, 0.717) is 23.9 Å². The van der Waals surface area contributed by atoms with E-state index >= 15 is 0 Å². The predicted molar refractivity (Wildman–Crippen MR) is 126 cm³/mol. The van der Waals surface area contributed by atoms with Crippen molar-refractivity contribution in [2.75, 3.05) is 14.2 Å². The van der Waals surface area contributed by atoms with Gasteiger partial charge in [-0.2, -0.15) is 0 Å². The van der Waals surface area contributed by atoms with Gasteiger partial charge in [0, 0.05) is 41.7 Å². The molecule has 2 amide bonds. The molecule has 0 saturated heterocycles. The Morgan fingerprint density at radius 3 is 2.56 bits per heavy atom. The molecule has 1 saturated carbocycles. The fourth-order valence-electron chi connectivity index (χ4n) is 3.49. The lowest BCUT2D eigenvalue weighted by Crippen LogP contribution is -2.28. The number of carbonyl (C=O) groups is 2. The molecule has 1 heterocycles. The largest absolute Gasteiger partial charge is 0.496 e. The van der Waals surface area contributed by atoms with Crippen molar-refractivity contribution in [1.82, 2.24) is 15.2 Å². The molecule has 166 valence electrons. The summed E-state index contributed by atoms with van der Waals surface area (Å²) in [5, 5.41) is 6.01. The lowest BCUT2D eigenvalue weighted by atomic mass is 10.0. The Hall–Kier alpha value is -3.19. The van der Waals surface area contributed by atoms with E-state index in [-0.39, 0.29) is 18.2 Å². The van der Waals surface area contributed by atoms with Gasteiger partial charge in [-0.3, -0.25) is 9.59 Å². The van der Waals surface area contributed by atoms with Crippen LogP contribution >= 0.6 is 11.3 Å². The predicted octanol–water partition coefficient (Wildman–Crippen LogP) is 4.22. The van der Waals surface area contributed by atoms with Crippen LogP contribution in [0.4, 0.5) is 0 Å². The van der Waals surface area contributed by atoms with E-state index in [2.05, 4.69) is 10.3 Å². The fraction of sp³-hybridized carbons (Fsp3) is 0.320. The first-order valence-corrected chi connectivity index (χ1v) is 11.5. The summed E-state index contributed by atoms with van der Waals surface area (Å²) < 4.78 is 5.48. The second-order valence-corrected chi connectivity index (χ2v) is 9.21. The number of nitrogens with zero attached hydrogens (tertiary/aromatic N) is 2. The first kappa shape index (κ1) is 22.0. The highest BCUT2D eigenvalue weighted by Gasteiger charge is 2.23. The van der Waals surface area contributed by atoms with Crippen LogP contribution in [-0.2, 0) is 17.8 Å². The van der Waals surface area contributed by atoms with Crippen LogP contribution in [0.2, 0.25) is 0 Å². The summed E-state index contributed by atoms with van der Waals surface area (Å²) in [6.45, 7) is 2.44. The van der Waals surface area contributed by atoms with Crippen molar-refractivity contribution in [2.24, 2.45) is 0 Å². The zero-order valence-electron chi connectivity index (χ0n) is 18.6. The van der Waals surface area contributed by atoms with Crippen LogP contribution < -0.4 is 10.1 Å². The van der Waals surface area contributed by atoms with E-state index < -0.39 is 0 Å². The van der Waals surface area contributed by atoms with Crippen molar-refractivity contribution in [3.63, 3.8) is 0 Å². The Morgan fingerprint density at radius 1 is 1.19 bits per heavy atom. The SMILES string of the molecule is COc1ccc(-c2csc(C)n2)cc1CC(=O)N(C)Cc1ccc(C(=O)NC2CC2)cc1. The maximum Gasteiger partial charge on any atom is 0.251 e. The van der Waals surface area contributed by atoms with Gasteiger partial charge >= 0.3 is 0 Å². The van der Waals surface area contributed by atoms with Crippen molar-refractivity contribution in [2.45, 2.75) is 38.8 Å². The quantitative estimate of drug-likeness (QED) is 0.559. The average Bonchev–Trinajstić information content (AvgIpc) is 3.50. The molecule has 0 bridgehead atoms. The van der Waals surface area contributed by atoms with Gasteiger partial charge in [-0.05, 0) is 55.7 Å². The van der Waals surface area contributed by atoms with Crippen molar-refractivity contribution in [3.05, 3.63) is 69.5 Å². The molecule has 0 spiro atoms. The summed E-state index contributed by atoms with van der Waals surface area (Å²) in [7, 11) is 3.40. The topological polar surface area (TPSA) is 71.5 Å². The van der Waals surface area contributed by atoms with Gasteiger partial charge in [-0.25, -0.2) is 4.98 Å². The van der Waals surface area contributed by atoms with E-state index in [1.165, 1.54) is 0 Å². The number of nitrogens with one attached hydrogen (secondary N) is 1. The smallest absolute Gasteiger partial charge is 0.251 e. The van der Waals surface area contributed by atoms with E-state index in [1.807, 2.05) is 54.8 Å². The van der Waals surface area contributed by atoms with Crippen LogP contribution in [0.3, 0.4) is 0 Å². The number of ether oxygens (including phenoxy) is 1. The van der Waals surface area contributed by atoms with Gasteiger partial charge in [-0.15, -0.1) is 11.3 Å². The van der Waals surface area contributed by atoms with Crippen LogP contribution in [-0.4, -0.2) is 41.9 Å². The van der Waals surface area contributed by atoms with Crippen molar-refractivity contribution in [3.8, 4) is 17.0 Å². The minimum Gasteiger partial charge on any atom is -0.496 e. The van der Waals surface area contributed by atoms with Crippen molar-refractivity contribution in [1.29, 1.82) is 0 Å². The van der Waals surface area contributed by atoms with Crippen LogP contribution in [0.1, 0.15) is 39.3 Å². The molecule has 6 nitrogen and oxygen atoms in total. The molecule has 3 aromatic rings. The lowest BCUT2D eigenvalue weighted by Gasteiger charge is -2.19. The number of methoxy groups -OCH3 is 1. The van der Waals surface area contributed by atoms with Gasteiger partial charge in [0.1, 0.15) is 5.75 Å². The Kier molecular flexibility index (Phi) is 6.55. The Balaban J connectivity index is 1.41. The first-order valence-electron chi connectivity index (χ1n) is 10.7. The highest BCUT2D eigenvalue weighted by molar-refractivity contribution is 7.09. The van der Waals surface area contributed by atoms with Gasteiger partial charge < -0.3 is 15.0 Å². The number of amides is 2. The van der Waals surface area contributed by atoms with Gasteiger partial charge in [-0.1, -0.05) is 12.1 Å². The van der Waals surface area contributed by atoms with Crippen LogP contribution in [0.5, 0.6) is 5.75 Å². The number of aromatic nitrogens is 1. The summed E-state index contributed by atoms with van der Waals surface area (Å²) >= 11 is 1.60. The fourth-order valence-corrected chi connectivity index (χ4v) is 4.11. The molecule has 7 heteroatoms. The number of rotatable bonds is 8. The zero-order valence-corrected chi connectivity index (χ0v) is 19.4. The molecule has 1 aliphatic rings. The average molecular weight is 450 g/mol. The maximum atomic E-state index is 12.9. The normalized spacial score (nSPS) is 13.0. The second kappa shape index (κ2) is 9.53. The molecular weight excluding hydrogens is 422 g/mol. The summed E-state index contributed by atoms with van der Waals surface area (Å²) in [4.78, 5) is 31.3. The van der Waals surface area contributed by atoms with E-state index in [4.69, 9.17) is 4.74 Å². The zero-order chi connectivity index (χ0) is 22.7. The molecule has 1 N–H and O–H groups in total. The first-order chi connectivity index (χ1) is 15.4. The van der Waals surface area contributed by atoms with E-state index in [0.717, 1.165) is 40.2 Å². The molecule has 1 fully saturated rings. The Bertz CT molecular complexity index is 1120. The van der Waals surface area contributed by atoms with E-state index in [9.17, 15) is 9.59 Å². The van der Waals surface area contributed by atoms with Gasteiger partial charge in [0.2, 0.25) is 5.91 Å². The Labute approximate surface area is 192 Å². The standard InChI is InChI=1S/C25H27N3O3S/c1-16-26-22(15-32-16)19-8-11-23(31-3)20(12-19)13-24(29)28(2)14-17-4-6-18(7-5-17)25(30)27-21-9-10-21/h4-8,11-12,15,21H,9-10,13-14H2,1-3H3,(H,27,30). The summed E-state index contributed by atoms with van der Waals surface area (Å²) in [6.07, 6.45) is 2.36. The molecule has 2 aromatic carbocycles. The van der Waals surface area contributed by atoms with Crippen LogP contribution in [0.15, 0.2) is 47.8 Å². The van der Waals surface area contributed by atoms with Crippen LogP contribution in [0, 0.1) is 6.92 Å². The number of benzene rings is 2. The van der Waals surface area contributed by atoms with Crippen molar-refractivity contribution >= 4 is 23.2 Å². The monoisotopic (exact) mass is 449 g/mol. The molecule has 32 heavy (non-hydrogen) atoms. The van der Waals surface area contributed by atoms with E-state index in [1.54, 1.807) is 30.4 Å². The minimum absolute atomic E-state index is 0.00883. The summed E-state index contributed by atoms with van der Waals surface area (Å²) in [6, 6.07) is 13.6. The molecule has 0 atom stereocenters. The number of aryl methyl sites for hydroxylation is 1. The number of thiazole rings is 1. The summed E-state index contributed by atoms with van der Waals surface area (Å²) in [5.74, 6) is 0.643. The molecule has 0 radical (unpaired) electrons. The molecular formula is C25H27N3O3S. The third-order valence-corrected chi connectivity index (χ3v) is 6.28. The highest BCUT2D eigenvalue weighted by atomic mass is 32.1. The third kappa shape index (κ3) is 5.34. The maximum absolute atomic E-state index is 12.9. The third-order valence-electron chi connectivity index (χ3n) is 5.51. The number of hydrogen-bond acceptors (Lipinski definition) is 5. The van der Waals surface area contributed by atoms with Gasteiger partial charge in [0.25, 0.3) is 5.91 Å². The molecule has 0 unspecified atom stereocenters. The van der Waals surface area contributed by atoms with Crippen LogP contribution in [0.25, 0.3) is 11.3 Å². The summed E-state index contributed by atoms with van der Waals surface area (Å²) in [5.41, 5.74) is 4.33. The minimum atomic E-state index is -0.0363. The van der Waals surface area contributed by atoms with Crippen molar-refractivity contribution < 1.29 is 14.3 Å².